The normalized spacial score (nSPS) is 10.2. The van der Waals surface area contributed by atoms with E-state index in [0.717, 1.165) is 0 Å². The minimum Gasteiger partial charge on any atom is -0.452 e. The van der Waals surface area contributed by atoms with Gasteiger partial charge < -0.3 is 15.0 Å². The third kappa shape index (κ3) is 5.04. The fourth-order valence-electron chi connectivity index (χ4n) is 2.41. The van der Waals surface area contributed by atoms with Crippen molar-refractivity contribution in [3.05, 3.63) is 65.5 Å². The van der Waals surface area contributed by atoms with Gasteiger partial charge in [-0.3, -0.25) is 4.79 Å². The third-order valence-electron chi connectivity index (χ3n) is 3.74. The number of para-hydroxylation sites is 1. The van der Waals surface area contributed by atoms with Crippen LogP contribution in [-0.4, -0.2) is 37.0 Å². The number of carbonyl (C=O) groups excluding carboxylic acids is 2. The number of halogens is 1. The van der Waals surface area contributed by atoms with E-state index in [-0.39, 0.29) is 24.9 Å². The molecule has 0 saturated carbocycles. The molecule has 1 N–H and O–H groups in total. The lowest BCUT2D eigenvalue weighted by atomic mass is 10.2. The summed E-state index contributed by atoms with van der Waals surface area (Å²) >= 11 is 0. The highest BCUT2D eigenvalue weighted by Crippen LogP contribution is 2.15. The first-order chi connectivity index (χ1) is 12.0. The van der Waals surface area contributed by atoms with E-state index in [2.05, 4.69) is 5.32 Å². The maximum atomic E-state index is 13.3. The second-order valence-corrected chi connectivity index (χ2v) is 5.41. The van der Waals surface area contributed by atoms with Gasteiger partial charge in [0, 0.05) is 25.8 Å². The van der Waals surface area contributed by atoms with Crippen LogP contribution >= 0.6 is 0 Å². The van der Waals surface area contributed by atoms with E-state index in [0.29, 0.717) is 23.4 Å². The molecule has 1 amide bonds. The Morgan fingerprint density at radius 1 is 1.16 bits per heavy atom. The molecule has 25 heavy (non-hydrogen) atoms. The third-order valence-corrected chi connectivity index (χ3v) is 3.74. The lowest BCUT2D eigenvalue weighted by molar-refractivity contribution is -0.134. The van der Waals surface area contributed by atoms with Gasteiger partial charge >= 0.3 is 5.97 Å². The maximum Gasteiger partial charge on any atom is 0.340 e. The van der Waals surface area contributed by atoms with Crippen LogP contribution in [0.3, 0.4) is 0 Å². The van der Waals surface area contributed by atoms with Crippen molar-refractivity contribution in [3.8, 4) is 0 Å². The van der Waals surface area contributed by atoms with E-state index in [1.807, 2.05) is 6.92 Å². The van der Waals surface area contributed by atoms with Crippen LogP contribution in [0.5, 0.6) is 0 Å². The van der Waals surface area contributed by atoms with Gasteiger partial charge in [0.15, 0.2) is 6.61 Å². The van der Waals surface area contributed by atoms with E-state index in [1.54, 1.807) is 43.4 Å². The second kappa shape index (κ2) is 8.82. The average molecular weight is 344 g/mol. The van der Waals surface area contributed by atoms with Crippen molar-refractivity contribution in [3.63, 3.8) is 0 Å². The van der Waals surface area contributed by atoms with Gasteiger partial charge in [0.25, 0.3) is 5.91 Å². The van der Waals surface area contributed by atoms with Crippen molar-refractivity contribution < 1.29 is 18.7 Å². The number of anilines is 1. The molecule has 0 atom stereocenters. The number of hydrogen-bond donors (Lipinski definition) is 1. The van der Waals surface area contributed by atoms with Crippen LogP contribution in [0.15, 0.2) is 48.5 Å². The quantitative estimate of drug-likeness (QED) is 0.784. The topological polar surface area (TPSA) is 58.6 Å². The molecule has 0 heterocycles. The monoisotopic (exact) mass is 344 g/mol. The predicted octanol–water partition coefficient (Wildman–Crippen LogP) is 3.07. The summed E-state index contributed by atoms with van der Waals surface area (Å²) in [6.45, 7) is 2.15. The molecule has 132 valence electrons. The summed E-state index contributed by atoms with van der Waals surface area (Å²) in [5, 5.41) is 2.90. The number of hydrogen-bond acceptors (Lipinski definition) is 4. The average Bonchev–Trinajstić information content (AvgIpc) is 2.63. The van der Waals surface area contributed by atoms with Crippen LogP contribution in [0, 0.1) is 5.82 Å². The Kier molecular flexibility index (Phi) is 6.51. The molecule has 0 spiro atoms. The standard InChI is InChI=1S/C19H21FN2O3/c1-3-22(12-14-7-6-8-15(20)11-14)18(23)13-25-19(24)16-9-4-5-10-17(16)21-2/h4-11,21H,3,12-13H2,1-2H3. The molecular weight excluding hydrogens is 323 g/mol. The lowest BCUT2D eigenvalue weighted by Gasteiger charge is -2.21. The Bertz CT molecular complexity index is 749. The molecule has 0 bridgehead atoms. The van der Waals surface area contributed by atoms with Gasteiger partial charge in [-0.2, -0.15) is 0 Å². The highest BCUT2D eigenvalue weighted by molar-refractivity contribution is 5.96. The molecule has 5 nitrogen and oxygen atoms in total. The number of amides is 1. The zero-order valence-corrected chi connectivity index (χ0v) is 14.3. The smallest absolute Gasteiger partial charge is 0.340 e. The summed E-state index contributed by atoms with van der Waals surface area (Å²) in [5.74, 6) is -1.25. The summed E-state index contributed by atoms with van der Waals surface area (Å²) < 4.78 is 18.4. The number of nitrogens with one attached hydrogen (secondary N) is 1. The predicted molar refractivity (Wildman–Crippen MR) is 93.8 cm³/mol. The van der Waals surface area contributed by atoms with Gasteiger partial charge in [-0.05, 0) is 36.8 Å². The Labute approximate surface area is 146 Å². The molecule has 0 aromatic heterocycles. The Hall–Kier alpha value is -2.89. The van der Waals surface area contributed by atoms with Crippen molar-refractivity contribution in [1.82, 2.24) is 4.90 Å². The molecule has 0 aliphatic rings. The fraction of sp³-hybridized carbons (Fsp3) is 0.263. The van der Waals surface area contributed by atoms with Crippen LogP contribution in [0.1, 0.15) is 22.8 Å². The van der Waals surface area contributed by atoms with Gasteiger partial charge in [-0.15, -0.1) is 0 Å². The minimum absolute atomic E-state index is 0.262. The molecule has 0 radical (unpaired) electrons. The maximum absolute atomic E-state index is 13.3. The summed E-state index contributed by atoms with van der Waals surface area (Å²) in [7, 11) is 1.70. The number of carbonyl (C=O) groups is 2. The number of benzene rings is 2. The molecule has 2 aromatic rings. The van der Waals surface area contributed by atoms with Gasteiger partial charge in [-0.25, -0.2) is 9.18 Å². The molecule has 6 heteroatoms. The first-order valence-corrected chi connectivity index (χ1v) is 8.01. The Balaban J connectivity index is 1.96. The summed E-state index contributed by atoms with van der Waals surface area (Å²) in [6, 6.07) is 13.0. The summed E-state index contributed by atoms with van der Waals surface area (Å²) in [4.78, 5) is 26.0. The van der Waals surface area contributed by atoms with E-state index in [4.69, 9.17) is 4.74 Å². The van der Waals surface area contributed by atoms with Crippen LogP contribution < -0.4 is 5.32 Å². The van der Waals surface area contributed by atoms with Gasteiger partial charge in [-0.1, -0.05) is 24.3 Å². The highest BCUT2D eigenvalue weighted by Gasteiger charge is 2.17. The minimum atomic E-state index is -0.569. The number of nitrogens with zero attached hydrogens (tertiary/aromatic N) is 1. The number of ether oxygens (including phenoxy) is 1. The lowest BCUT2D eigenvalue weighted by Crippen LogP contribution is -2.34. The largest absolute Gasteiger partial charge is 0.452 e. The van der Waals surface area contributed by atoms with Crippen LogP contribution in [-0.2, 0) is 16.1 Å². The first-order valence-electron chi connectivity index (χ1n) is 8.01. The van der Waals surface area contributed by atoms with Crippen molar-refractivity contribution in [2.45, 2.75) is 13.5 Å². The van der Waals surface area contributed by atoms with E-state index in [1.165, 1.54) is 17.0 Å². The zero-order chi connectivity index (χ0) is 18.2. The van der Waals surface area contributed by atoms with Crippen molar-refractivity contribution in [2.75, 3.05) is 25.5 Å². The number of esters is 1. The first kappa shape index (κ1) is 18.4. The van der Waals surface area contributed by atoms with Crippen molar-refractivity contribution in [1.29, 1.82) is 0 Å². The molecule has 0 aliphatic heterocycles. The molecular formula is C19H21FN2O3. The fourth-order valence-corrected chi connectivity index (χ4v) is 2.41. The zero-order valence-electron chi connectivity index (χ0n) is 14.3. The van der Waals surface area contributed by atoms with Gasteiger partial charge in [0.05, 0.1) is 5.56 Å². The molecule has 0 fully saturated rings. The highest BCUT2D eigenvalue weighted by atomic mass is 19.1. The van der Waals surface area contributed by atoms with Gasteiger partial charge in [0.2, 0.25) is 0 Å². The van der Waals surface area contributed by atoms with Gasteiger partial charge in [0.1, 0.15) is 5.82 Å². The Morgan fingerprint density at radius 2 is 1.92 bits per heavy atom. The number of likely N-dealkylation sites (N-methyl/N-ethyl adjacent to an activating group) is 1. The van der Waals surface area contributed by atoms with Crippen LogP contribution in [0.2, 0.25) is 0 Å². The van der Waals surface area contributed by atoms with E-state index >= 15 is 0 Å². The van der Waals surface area contributed by atoms with Crippen molar-refractivity contribution >= 4 is 17.6 Å². The molecule has 0 unspecified atom stereocenters. The van der Waals surface area contributed by atoms with E-state index in [9.17, 15) is 14.0 Å². The van der Waals surface area contributed by atoms with E-state index < -0.39 is 5.97 Å². The second-order valence-electron chi connectivity index (χ2n) is 5.41. The molecule has 2 aromatic carbocycles. The van der Waals surface area contributed by atoms with Crippen LogP contribution in [0.25, 0.3) is 0 Å². The number of rotatable bonds is 7. The summed E-state index contributed by atoms with van der Waals surface area (Å²) in [6.07, 6.45) is 0. The van der Waals surface area contributed by atoms with Crippen LogP contribution in [0.4, 0.5) is 10.1 Å². The SMILES string of the molecule is CCN(Cc1cccc(F)c1)C(=O)COC(=O)c1ccccc1NC. The molecule has 2 rings (SSSR count). The van der Waals surface area contributed by atoms with Crippen molar-refractivity contribution in [2.24, 2.45) is 0 Å². The Morgan fingerprint density at radius 3 is 2.60 bits per heavy atom. The summed E-state index contributed by atoms with van der Waals surface area (Å²) in [5.41, 5.74) is 1.68. The molecule has 0 aliphatic carbocycles. The molecule has 0 saturated heterocycles.